The number of aryl methyl sites for hydroxylation is 1. The van der Waals surface area contributed by atoms with Crippen molar-refractivity contribution in [3.63, 3.8) is 0 Å². The molecule has 25 heavy (non-hydrogen) atoms. The van der Waals surface area contributed by atoms with Crippen molar-refractivity contribution in [3.05, 3.63) is 35.5 Å². The van der Waals surface area contributed by atoms with Crippen molar-refractivity contribution in [2.75, 3.05) is 40.4 Å². The Hall–Kier alpha value is -2.12. The zero-order valence-corrected chi connectivity index (χ0v) is 15.4. The smallest absolute Gasteiger partial charge is 0.233 e. The first-order valence-corrected chi connectivity index (χ1v) is 8.58. The Bertz CT molecular complexity index is 695. The highest BCUT2D eigenvalue weighted by Gasteiger charge is 2.25. The predicted molar refractivity (Wildman–Crippen MR) is 93.8 cm³/mol. The Labute approximate surface area is 148 Å². The average Bonchev–Trinajstić information content (AvgIpc) is 3.08. The molecule has 0 radical (unpaired) electrons. The third-order valence-corrected chi connectivity index (χ3v) is 4.74. The third-order valence-electron chi connectivity index (χ3n) is 4.74. The largest absolute Gasteiger partial charge is 0.497 e. The van der Waals surface area contributed by atoms with Gasteiger partial charge < -0.3 is 13.9 Å². The molecular weight excluding hydrogens is 320 g/mol. The molecule has 1 aliphatic rings. The summed E-state index contributed by atoms with van der Waals surface area (Å²) >= 11 is 0. The third kappa shape index (κ3) is 4.11. The van der Waals surface area contributed by atoms with E-state index in [2.05, 4.69) is 33.0 Å². The van der Waals surface area contributed by atoms with Gasteiger partial charge in [0.2, 0.25) is 11.8 Å². The summed E-state index contributed by atoms with van der Waals surface area (Å²) in [6.45, 7) is 8.69. The van der Waals surface area contributed by atoms with Gasteiger partial charge in [-0.05, 0) is 25.1 Å². The fraction of sp³-hybridized carbons (Fsp3) is 0.556. The first-order valence-electron chi connectivity index (χ1n) is 8.58. The van der Waals surface area contributed by atoms with Crippen LogP contribution in [0.3, 0.4) is 0 Å². The molecule has 2 aromatic rings. The lowest BCUT2D eigenvalue weighted by Crippen LogP contribution is -2.46. The molecule has 136 valence electrons. The van der Waals surface area contributed by atoms with Crippen LogP contribution in [0.15, 0.2) is 22.6 Å². The van der Waals surface area contributed by atoms with Crippen LogP contribution >= 0.6 is 0 Å². The average molecular weight is 346 g/mol. The van der Waals surface area contributed by atoms with Crippen LogP contribution in [0.4, 0.5) is 0 Å². The summed E-state index contributed by atoms with van der Waals surface area (Å²) in [4.78, 5) is 4.81. The van der Waals surface area contributed by atoms with Gasteiger partial charge in [0, 0.05) is 45.2 Å². The van der Waals surface area contributed by atoms with Crippen molar-refractivity contribution in [1.29, 1.82) is 0 Å². The van der Waals surface area contributed by atoms with E-state index >= 15 is 0 Å². The fourth-order valence-electron chi connectivity index (χ4n) is 3.19. The zero-order valence-electron chi connectivity index (χ0n) is 15.4. The Morgan fingerprint density at radius 3 is 2.48 bits per heavy atom. The van der Waals surface area contributed by atoms with Gasteiger partial charge in [-0.2, -0.15) is 0 Å². The Balaban J connectivity index is 1.59. The number of nitrogens with zero attached hydrogens (tertiary/aromatic N) is 4. The highest BCUT2D eigenvalue weighted by atomic mass is 16.5. The summed E-state index contributed by atoms with van der Waals surface area (Å²) in [6, 6.07) is 6.09. The second kappa shape index (κ2) is 7.84. The highest BCUT2D eigenvalue weighted by molar-refractivity contribution is 5.40. The first-order chi connectivity index (χ1) is 12.1. The summed E-state index contributed by atoms with van der Waals surface area (Å²) in [5.41, 5.74) is 1.15. The van der Waals surface area contributed by atoms with E-state index in [4.69, 9.17) is 13.9 Å². The molecule has 0 N–H and O–H groups in total. The van der Waals surface area contributed by atoms with E-state index < -0.39 is 0 Å². The van der Waals surface area contributed by atoms with Gasteiger partial charge in [-0.3, -0.25) is 9.80 Å². The molecule has 0 unspecified atom stereocenters. The van der Waals surface area contributed by atoms with Gasteiger partial charge in [0.25, 0.3) is 0 Å². The fourth-order valence-corrected chi connectivity index (χ4v) is 3.19. The summed E-state index contributed by atoms with van der Waals surface area (Å²) in [5, 5.41) is 8.08. The van der Waals surface area contributed by atoms with Gasteiger partial charge in [-0.1, -0.05) is 0 Å². The molecule has 0 amide bonds. The molecule has 2 heterocycles. The molecular formula is C18H26N4O3. The molecule has 0 spiro atoms. The minimum absolute atomic E-state index is 0.148. The van der Waals surface area contributed by atoms with E-state index in [1.54, 1.807) is 14.2 Å². The van der Waals surface area contributed by atoms with E-state index in [9.17, 15) is 0 Å². The molecule has 0 aliphatic carbocycles. The lowest BCUT2D eigenvalue weighted by Gasteiger charge is -2.37. The van der Waals surface area contributed by atoms with E-state index in [0.29, 0.717) is 11.8 Å². The van der Waals surface area contributed by atoms with Crippen LogP contribution in [0.2, 0.25) is 0 Å². The van der Waals surface area contributed by atoms with Crippen LogP contribution in [0.1, 0.15) is 30.3 Å². The van der Waals surface area contributed by atoms with Crippen LogP contribution in [-0.4, -0.2) is 60.4 Å². The van der Waals surface area contributed by atoms with E-state index in [-0.39, 0.29) is 6.04 Å². The molecule has 1 fully saturated rings. The molecule has 7 heteroatoms. The van der Waals surface area contributed by atoms with Crippen molar-refractivity contribution < 1.29 is 13.9 Å². The second-order valence-electron chi connectivity index (χ2n) is 6.33. The number of methoxy groups -OCH3 is 2. The predicted octanol–water partition coefficient (Wildman–Crippen LogP) is 2.27. The maximum Gasteiger partial charge on any atom is 0.233 e. The molecule has 3 rings (SSSR count). The van der Waals surface area contributed by atoms with Gasteiger partial charge in [0.1, 0.15) is 11.5 Å². The zero-order chi connectivity index (χ0) is 17.8. The first kappa shape index (κ1) is 17.7. The maximum absolute atomic E-state index is 5.57. The van der Waals surface area contributed by atoms with Gasteiger partial charge in [-0.15, -0.1) is 10.2 Å². The number of aromatic nitrogens is 2. The monoisotopic (exact) mass is 346 g/mol. The van der Waals surface area contributed by atoms with E-state index in [1.165, 1.54) is 0 Å². The van der Waals surface area contributed by atoms with Gasteiger partial charge in [0.15, 0.2) is 0 Å². The summed E-state index contributed by atoms with van der Waals surface area (Å²) in [5.74, 6) is 3.07. The van der Waals surface area contributed by atoms with Crippen molar-refractivity contribution >= 4 is 0 Å². The molecule has 0 bridgehead atoms. The van der Waals surface area contributed by atoms with Crippen LogP contribution in [0.25, 0.3) is 0 Å². The van der Waals surface area contributed by atoms with Gasteiger partial charge in [0.05, 0.1) is 20.3 Å². The second-order valence-corrected chi connectivity index (χ2v) is 6.33. The standard InChI is InChI=1S/C18H26N4O3/c1-13(18-20-19-14(2)25-18)22-9-7-21(8-10-22)12-15-11-16(23-3)5-6-17(15)24-4/h5-6,11,13H,7-10,12H2,1-4H3/t13-/m0/s1. The van der Waals surface area contributed by atoms with Crippen LogP contribution in [0, 0.1) is 6.92 Å². The van der Waals surface area contributed by atoms with Crippen molar-refractivity contribution in [2.24, 2.45) is 0 Å². The maximum atomic E-state index is 5.57. The van der Waals surface area contributed by atoms with Crippen LogP contribution in [0.5, 0.6) is 11.5 Å². The number of ether oxygens (including phenoxy) is 2. The van der Waals surface area contributed by atoms with Gasteiger partial charge >= 0.3 is 0 Å². The topological polar surface area (TPSA) is 63.9 Å². The van der Waals surface area contributed by atoms with Crippen molar-refractivity contribution in [1.82, 2.24) is 20.0 Å². The molecule has 0 saturated carbocycles. The quantitative estimate of drug-likeness (QED) is 0.795. The molecule has 1 aromatic heterocycles. The summed E-state index contributed by atoms with van der Waals surface area (Å²) in [7, 11) is 3.39. The minimum Gasteiger partial charge on any atom is -0.497 e. The van der Waals surface area contributed by atoms with Crippen molar-refractivity contribution in [2.45, 2.75) is 26.4 Å². The SMILES string of the molecule is COc1ccc(OC)c(CN2CCN([C@@H](C)c3nnc(C)o3)CC2)c1. The lowest BCUT2D eigenvalue weighted by molar-refractivity contribution is 0.0865. The number of piperazine rings is 1. The normalized spacial score (nSPS) is 17.4. The van der Waals surface area contributed by atoms with Crippen molar-refractivity contribution in [3.8, 4) is 11.5 Å². The van der Waals surface area contributed by atoms with E-state index in [0.717, 1.165) is 49.8 Å². The minimum atomic E-state index is 0.148. The lowest BCUT2D eigenvalue weighted by atomic mass is 10.1. The number of hydrogen-bond donors (Lipinski definition) is 0. The van der Waals surface area contributed by atoms with Crippen LogP contribution < -0.4 is 9.47 Å². The Morgan fingerprint density at radius 1 is 1.12 bits per heavy atom. The molecule has 1 aliphatic heterocycles. The van der Waals surface area contributed by atoms with E-state index in [1.807, 2.05) is 19.1 Å². The molecule has 7 nitrogen and oxygen atoms in total. The Morgan fingerprint density at radius 2 is 1.88 bits per heavy atom. The molecule has 1 atom stereocenters. The Kier molecular flexibility index (Phi) is 5.55. The molecule has 1 aromatic carbocycles. The number of hydrogen-bond acceptors (Lipinski definition) is 7. The highest BCUT2D eigenvalue weighted by Crippen LogP contribution is 2.26. The van der Waals surface area contributed by atoms with Crippen LogP contribution in [-0.2, 0) is 6.54 Å². The summed E-state index contributed by atoms with van der Waals surface area (Å²) in [6.07, 6.45) is 0. The summed E-state index contributed by atoms with van der Waals surface area (Å²) < 4.78 is 16.4. The number of rotatable bonds is 6. The molecule has 1 saturated heterocycles. The number of benzene rings is 1. The van der Waals surface area contributed by atoms with Gasteiger partial charge in [-0.25, -0.2) is 0 Å².